The number of pyridine rings is 1. The van der Waals surface area contributed by atoms with E-state index in [1.807, 2.05) is 11.3 Å². The van der Waals surface area contributed by atoms with E-state index < -0.39 is 0 Å². The fourth-order valence-corrected chi connectivity index (χ4v) is 5.40. The lowest BCUT2D eigenvalue weighted by atomic mass is 10.1. The Hall–Kier alpha value is -2.53. The smallest absolute Gasteiger partial charge is 0.201 e. The van der Waals surface area contributed by atoms with Gasteiger partial charge in [-0.15, -0.1) is 11.3 Å². The van der Waals surface area contributed by atoms with Gasteiger partial charge in [0.2, 0.25) is 5.36 Å². The molecule has 5 heteroatoms. The summed E-state index contributed by atoms with van der Waals surface area (Å²) < 4.78 is 3.59. The van der Waals surface area contributed by atoms with E-state index in [-0.39, 0.29) is 0 Å². The third-order valence-electron chi connectivity index (χ3n) is 6.17. The van der Waals surface area contributed by atoms with Crippen LogP contribution in [0.1, 0.15) is 58.6 Å². The van der Waals surface area contributed by atoms with Crippen LogP contribution in [0.2, 0.25) is 0 Å². The molecule has 1 aliphatic carbocycles. The van der Waals surface area contributed by atoms with Crippen LogP contribution >= 0.6 is 11.3 Å². The van der Waals surface area contributed by atoms with Crippen molar-refractivity contribution in [1.29, 1.82) is 0 Å². The van der Waals surface area contributed by atoms with E-state index >= 15 is 0 Å². The number of nitrogens with one attached hydrogen (secondary N) is 1. The summed E-state index contributed by atoms with van der Waals surface area (Å²) in [5, 5.41) is 6.09. The number of hydrogen-bond donors (Lipinski definition) is 1. The molecular weight excluding hydrogens is 412 g/mol. The summed E-state index contributed by atoms with van der Waals surface area (Å²) in [5.41, 5.74) is 5.30. The SMILES string of the molecule is CCCCCCCNc1cc2sc3cc(=[N+](CC)CC)ccc-3nc2c2ccc(C)nc12. The Morgan fingerprint density at radius 2 is 1.69 bits per heavy atom. The maximum Gasteiger partial charge on any atom is 0.201 e. The zero-order valence-corrected chi connectivity index (χ0v) is 20.7. The van der Waals surface area contributed by atoms with Crippen LogP contribution in [-0.4, -0.2) is 29.6 Å². The Bertz CT molecular complexity index is 1250. The quantitative estimate of drug-likeness (QED) is 0.139. The molecule has 168 valence electrons. The van der Waals surface area contributed by atoms with Crippen LogP contribution in [0.4, 0.5) is 5.69 Å². The number of nitrogens with zero attached hydrogens (tertiary/aromatic N) is 3. The van der Waals surface area contributed by atoms with Gasteiger partial charge in [-0.2, -0.15) is 0 Å². The number of benzene rings is 2. The maximum absolute atomic E-state index is 5.08. The molecule has 0 saturated heterocycles. The second kappa shape index (κ2) is 10.4. The van der Waals surface area contributed by atoms with E-state index in [2.05, 4.69) is 74.0 Å². The van der Waals surface area contributed by atoms with Crippen LogP contribution in [0.5, 0.6) is 0 Å². The van der Waals surface area contributed by atoms with Crippen LogP contribution in [0.3, 0.4) is 0 Å². The molecule has 2 aliphatic rings. The van der Waals surface area contributed by atoms with Crippen LogP contribution in [0.15, 0.2) is 36.4 Å². The van der Waals surface area contributed by atoms with Crippen molar-refractivity contribution in [2.45, 2.75) is 59.8 Å². The summed E-state index contributed by atoms with van der Waals surface area (Å²) in [6, 6.07) is 13.2. The normalized spacial score (nSPS) is 11.5. The Morgan fingerprint density at radius 3 is 2.47 bits per heavy atom. The van der Waals surface area contributed by atoms with E-state index in [1.54, 1.807) is 0 Å². The number of anilines is 1. The van der Waals surface area contributed by atoms with Crippen LogP contribution in [-0.2, 0) is 0 Å². The highest BCUT2D eigenvalue weighted by molar-refractivity contribution is 7.21. The van der Waals surface area contributed by atoms with E-state index in [0.29, 0.717) is 0 Å². The summed E-state index contributed by atoms with van der Waals surface area (Å²) in [6.07, 6.45) is 6.40. The highest BCUT2D eigenvalue weighted by Crippen LogP contribution is 2.36. The molecule has 1 aliphatic heterocycles. The van der Waals surface area contributed by atoms with Gasteiger partial charge in [-0.3, -0.25) is 4.98 Å². The van der Waals surface area contributed by atoms with Gasteiger partial charge in [-0.25, -0.2) is 9.56 Å². The molecule has 1 aromatic carbocycles. The molecule has 0 fully saturated rings. The minimum atomic E-state index is 0.984. The van der Waals surface area contributed by atoms with Gasteiger partial charge in [0.05, 0.1) is 32.0 Å². The van der Waals surface area contributed by atoms with Crippen molar-refractivity contribution in [3.8, 4) is 10.6 Å². The van der Waals surface area contributed by atoms with Crippen LogP contribution in [0, 0.1) is 6.92 Å². The number of unbranched alkanes of at least 4 members (excludes halogenated alkanes) is 4. The number of aromatic nitrogens is 2. The van der Waals surface area contributed by atoms with Crippen molar-refractivity contribution in [3.63, 3.8) is 0 Å². The van der Waals surface area contributed by atoms with E-state index in [1.165, 1.54) is 47.0 Å². The fraction of sp³-hybridized carbons (Fsp3) is 0.444. The zero-order valence-electron chi connectivity index (χ0n) is 19.9. The first kappa shape index (κ1) is 22.7. The lowest BCUT2D eigenvalue weighted by molar-refractivity contribution is 0.626. The first-order valence-electron chi connectivity index (χ1n) is 12.1. The molecule has 32 heavy (non-hydrogen) atoms. The second-order valence-corrected chi connectivity index (χ2v) is 9.58. The molecule has 1 aromatic heterocycles. The first-order chi connectivity index (χ1) is 15.6. The second-order valence-electron chi connectivity index (χ2n) is 8.50. The molecule has 0 radical (unpaired) electrons. The van der Waals surface area contributed by atoms with Crippen molar-refractivity contribution in [2.75, 3.05) is 25.0 Å². The van der Waals surface area contributed by atoms with Crippen LogP contribution in [0.25, 0.3) is 31.7 Å². The molecule has 4 rings (SSSR count). The van der Waals surface area contributed by atoms with Crippen molar-refractivity contribution in [3.05, 3.63) is 47.4 Å². The third kappa shape index (κ3) is 4.78. The van der Waals surface area contributed by atoms with Crippen LogP contribution < -0.4 is 15.2 Å². The van der Waals surface area contributed by atoms with Crippen molar-refractivity contribution >= 4 is 38.1 Å². The lowest BCUT2D eigenvalue weighted by Crippen LogP contribution is -2.29. The van der Waals surface area contributed by atoms with Gasteiger partial charge in [-0.05, 0) is 51.5 Å². The molecule has 4 nitrogen and oxygen atoms in total. The minimum Gasteiger partial charge on any atom is -0.383 e. The average molecular weight is 448 g/mol. The van der Waals surface area contributed by atoms with E-state index in [9.17, 15) is 0 Å². The average Bonchev–Trinajstić information content (AvgIpc) is 2.80. The molecule has 0 saturated carbocycles. The van der Waals surface area contributed by atoms with Gasteiger partial charge in [0.15, 0.2) is 0 Å². The maximum atomic E-state index is 5.08. The standard InChI is InChI=1S/C27H34N4S/c1-5-8-9-10-11-16-28-23-18-25-27(21-14-12-19(4)29-26(21)23)30-22-15-13-20(17-24(22)32-25)31(6-2)7-3/h12-15,17-18H,5-11,16H2,1-4H3/p+1. The van der Waals surface area contributed by atoms with Gasteiger partial charge < -0.3 is 5.32 Å². The largest absolute Gasteiger partial charge is 0.383 e. The minimum absolute atomic E-state index is 0.984. The Morgan fingerprint density at radius 1 is 0.875 bits per heavy atom. The predicted octanol–water partition coefficient (Wildman–Crippen LogP) is 6.45. The van der Waals surface area contributed by atoms with Crippen molar-refractivity contribution in [1.82, 2.24) is 14.5 Å². The van der Waals surface area contributed by atoms with E-state index in [0.717, 1.165) is 53.1 Å². The molecule has 0 spiro atoms. The molecular formula is C27H35N4S+. The summed E-state index contributed by atoms with van der Waals surface area (Å²) in [6.45, 7) is 11.7. The van der Waals surface area contributed by atoms with Gasteiger partial charge in [0.1, 0.15) is 13.1 Å². The highest BCUT2D eigenvalue weighted by atomic mass is 32.1. The Kier molecular flexibility index (Phi) is 7.36. The number of aryl methyl sites for hydroxylation is 1. The molecule has 2 aromatic rings. The topological polar surface area (TPSA) is 40.8 Å². The number of fused-ring (bicyclic) bond motifs is 4. The predicted molar refractivity (Wildman–Crippen MR) is 140 cm³/mol. The zero-order chi connectivity index (χ0) is 22.5. The molecule has 0 amide bonds. The van der Waals surface area contributed by atoms with Gasteiger partial charge >= 0.3 is 0 Å². The Labute approximate surface area is 195 Å². The summed E-state index contributed by atoms with van der Waals surface area (Å²) in [5.74, 6) is 0. The Balaban J connectivity index is 1.80. The van der Waals surface area contributed by atoms with E-state index in [4.69, 9.17) is 9.97 Å². The van der Waals surface area contributed by atoms with Gasteiger partial charge in [0, 0.05) is 29.8 Å². The fourth-order valence-electron chi connectivity index (χ4n) is 4.33. The summed E-state index contributed by atoms with van der Waals surface area (Å²) in [4.78, 5) is 11.2. The van der Waals surface area contributed by atoms with Crippen molar-refractivity contribution in [2.24, 2.45) is 0 Å². The third-order valence-corrected chi connectivity index (χ3v) is 7.25. The van der Waals surface area contributed by atoms with Gasteiger partial charge in [-0.1, -0.05) is 32.6 Å². The highest BCUT2D eigenvalue weighted by Gasteiger charge is 2.15. The molecule has 0 bridgehead atoms. The van der Waals surface area contributed by atoms with Gasteiger partial charge in [0.25, 0.3) is 0 Å². The number of hydrogen-bond acceptors (Lipinski definition) is 4. The summed E-state index contributed by atoms with van der Waals surface area (Å²) in [7, 11) is 0. The summed E-state index contributed by atoms with van der Waals surface area (Å²) >= 11 is 1.83. The van der Waals surface area contributed by atoms with Crippen molar-refractivity contribution < 1.29 is 0 Å². The molecule has 0 atom stereocenters. The molecule has 0 unspecified atom stereocenters. The first-order valence-corrected chi connectivity index (χ1v) is 12.9. The molecule has 2 heterocycles. The number of rotatable bonds is 9. The lowest BCUT2D eigenvalue weighted by Gasteiger charge is -2.14. The molecule has 1 N–H and O–H groups in total. The monoisotopic (exact) mass is 447 g/mol.